The average Bonchev–Trinajstić information content (AvgIpc) is 2.80. The summed E-state index contributed by atoms with van der Waals surface area (Å²) >= 11 is 0. The number of benzene rings is 1. The van der Waals surface area contributed by atoms with Gasteiger partial charge in [0.15, 0.2) is 0 Å². The van der Waals surface area contributed by atoms with Crippen LogP contribution in [0.25, 0.3) is 0 Å². The lowest BCUT2D eigenvalue weighted by Gasteiger charge is -2.17. The summed E-state index contributed by atoms with van der Waals surface area (Å²) in [7, 11) is 1.68. The number of methoxy groups -OCH3 is 1. The van der Waals surface area contributed by atoms with E-state index in [-0.39, 0.29) is 0 Å². The second kappa shape index (κ2) is 4.34. The summed E-state index contributed by atoms with van der Waals surface area (Å²) in [5.74, 6) is 1.72. The monoisotopic (exact) mass is 221 g/mol. The van der Waals surface area contributed by atoms with Gasteiger partial charge in [-0.25, -0.2) is 0 Å². The molecule has 2 N–H and O–H groups in total. The van der Waals surface area contributed by atoms with Crippen molar-refractivity contribution in [1.82, 2.24) is 5.32 Å². The van der Waals surface area contributed by atoms with Crippen LogP contribution in [0.1, 0.15) is 29.0 Å². The van der Waals surface area contributed by atoms with Crippen LogP contribution in [0.3, 0.4) is 0 Å². The number of ether oxygens (including phenoxy) is 1. The first-order chi connectivity index (χ1) is 7.65. The van der Waals surface area contributed by atoms with Gasteiger partial charge in [0.1, 0.15) is 11.5 Å². The van der Waals surface area contributed by atoms with Gasteiger partial charge < -0.3 is 15.2 Å². The SMILES string of the molecule is COc1cc(C2CCNC2)c(O)c(C)c1C. The van der Waals surface area contributed by atoms with Gasteiger partial charge in [0.05, 0.1) is 7.11 Å². The van der Waals surface area contributed by atoms with Crippen molar-refractivity contribution in [2.45, 2.75) is 26.2 Å². The molecule has 3 nitrogen and oxygen atoms in total. The Morgan fingerprint density at radius 2 is 2.12 bits per heavy atom. The Balaban J connectivity index is 2.48. The van der Waals surface area contributed by atoms with Crippen molar-refractivity contribution < 1.29 is 9.84 Å². The number of rotatable bonds is 2. The van der Waals surface area contributed by atoms with Gasteiger partial charge in [-0.3, -0.25) is 0 Å². The van der Waals surface area contributed by atoms with Gasteiger partial charge >= 0.3 is 0 Å². The van der Waals surface area contributed by atoms with Crippen LogP contribution in [-0.2, 0) is 0 Å². The second-order valence-electron chi connectivity index (χ2n) is 4.46. The third-order valence-electron chi connectivity index (χ3n) is 3.57. The summed E-state index contributed by atoms with van der Waals surface area (Å²) in [6.45, 7) is 5.89. The van der Waals surface area contributed by atoms with Crippen molar-refractivity contribution in [2.75, 3.05) is 20.2 Å². The Bertz CT molecular complexity index is 395. The van der Waals surface area contributed by atoms with E-state index in [0.29, 0.717) is 11.7 Å². The first kappa shape index (κ1) is 11.3. The molecule has 1 atom stereocenters. The third kappa shape index (κ3) is 1.76. The molecule has 1 aliphatic rings. The predicted molar refractivity (Wildman–Crippen MR) is 64.4 cm³/mol. The Morgan fingerprint density at radius 1 is 1.38 bits per heavy atom. The van der Waals surface area contributed by atoms with Gasteiger partial charge in [0.25, 0.3) is 0 Å². The summed E-state index contributed by atoms with van der Waals surface area (Å²) in [6.07, 6.45) is 1.08. The van der Waals surface area contributed by atoms with Crippen LogP contribution in [0, 0.1) is 13.8 Å². The van der Waals surface area contributed by atoms with E-state index in [0.717, 1.165) is 42.0 Å². The van der Waals surface area contributed by atoms with E-state index in [1.54, 1.807) is 7.11 Å². The molecule has 0 aromatic heterocycles. The van der Waals surface area contributed by atoms with E-state index in [1.807, 2.05) is 19.9 Å². The van der Waals surface area contributed by atoms with Crippen molar-refractivity contribution in [3.05, 3.63) is 22.8 Å². The van der Waals surface area contributed by atoms with Gasteiger partial charge in [-0.1, -0.05) is 0 Å². The molecular weight excluding hydrogens is 202 g/mol. The van der Waals surface area contributed by atoms with Crippen molar-refractivity contribution in [3.8, 4) is 11.5 Å². The lowest BCUT2D eigenvalue weighted by molar-refractivity contribution is 0.405. The number of aromatic hydroxyl groups is 1. The van der Waals surface area contributed by atoms with Crippen molar-refractivity contribution in [3.63, 3.8) is 0 Å². The molecule has 2 rings (SSSR count). The minimum Gasteiger partial charge on any atom is -0.507 e. The second-order valence-corrected chi connectivity index (χ2v) is 4.46. The quantitative estimate of drug-likeness (QED) is 0.803. The molecule has 1 aromatic carbocycles. The van der Waals surface area contributed by atoms with E-state index in [1.165, 1.54) is 0 Å². The van der Waals surface area contributed by atoms with Crippen LogP contribution in [0.4, 0.5) is 0 Å². The fourth-order valence-electron chi connectivity index (χ4n) is 2.34. The normalized spacial score (nSPS) is 20.1. The van der Waals surface area contributed by atoms with E-state index in [2.05, 4.69) is 5.32 Å². The van der Waals surface area contributed by atoms with Gasteiger partial charge in [-0.15, -0.1) is 0 Å². The Kier molecular flexibility index (Phi) is 3.06. The summed E-state index contributed by atoms with van der Waals surface area (Å²) in [5, 5.41) is 13.5. The predicted octanol–water partition coefficient (Wildman–Crippen LogP) is 2.09. The van der Waals surface area contributed by atoms with Crippen LogP contribution < -0.4 is 10.1 Å². The highest BCUT2D eigenvalue weighted by atomic mass is 16.5. The Labute approximate surface area is 96.4 Å². The third-order valence-corrected chi connectivity index (χ3v) is 3.57. The molecule has 0 aliphatic carbocycles. The van der Waals surface area contributed by atoms with E-state index in [9.17, 15) is 5.11 Å². The van der Waals surface area contributed by atoms with Crippen molar-refractivity contribution in [1.29, 1.82) is 0 Å². The molecule has 1 fully saturated rings. The maximum absolute atomic E-state index is 10.2. The van der Waals surface area contributed by atoms with E-state index >= 15 is 0 Å². The molecule has 0 radical (unpaired) electrons. The number of phenolic OH excluding ortho intramolecular Hbond substituents is 1. The highest BCUT2D eigenvalue weighted by Gasteiger charge is 2.22. The topological polar surface area (TPSA) is 41.5 Å². The molecule has 88 valence electrons. The number of hydrogen-bond acceptors (Lipinski definition) is 3. The van der Waals surface area contributed by atoms with Crippen molar-refractivity contribution >= 4 is 0 Å². The Hall–Kier alpha value is -1.22. The summed E-state index contributed by atoms with van der Waals surface area (Å²) in [6, 6.07) is 1.98. The number of nitrogens with one attached hydrogen (secondary N) is 1. The van der Waals surface area contributed by atoms with Gasteiger partial charge in [0.2, 0.25) is 0 Å². The lowest BCUT2D eigenvalue weighted by atomic mass is 9.93. The molecule has 1 aromatic rings. The summed E-state index contributed by atoms with van der Waals surface area (Å²) in [5.41, 5.74) is 2.97. The van der Waals surface area contributed by atoms with Crippen LogP contribution in [0.5, 0.6) is 11.5 Å². The van der Waals surface area contributed by atoms with E-state index < -0.39 is 0 Å². The van der Waals surface area contributed by atoms with Crippen molar-refractivity contribution in [2.24, 2.45) is 0 Å². The van der Waals surface area contributed by atoms with Gasteiger partial charge in [0, 0.05) is 18.0 Å². The molecule has 0 amide bonds. The first-order valence-electron chi connectivity index (χ1n) is 5.73. The van der Waals surface area contributed by atoms with Crippen LogP contribution in [0.15, 0.2) is 6.07 Å². The van der Waals surface area contributed by atoms with E-state index in [4.69, 9.17) is 4.74 Å². The lowest BCUT2D eigenvalue weighted by Crippen LogP contribution is -2.08. The molecule has 0 bridgehead atoms. The molecule has 1 aliphatic heterocycles. The number of phenols is 1. The molecular formula is C13H19NO2. The zero-order valence-corrected chi connectivity index (χ0v) is 10.1. The van der Waals surface area contributed by atoms with Crippen LogP contribution in [0.2, 0.25) is 0 Å². The minimum atomic E-state index is 0.410. The molecule has 1 saturated heterocycles. The maximum atomic E-state index is 10.2. The van der Waals surface area contributed by atoms with Gasteiger partial charge in [-0.05, 0) is 44.0 Å². The molecule has 3 heteroatoms. The van der Waals surface area contributed by atoms with Gasteiger partial charge in [-0.2, -0.15) is 0 Å². The number of hydrogen-bond donors (Lipinski definition) is 2. The summed E-state index contributed by atoms with van der Waals surface area (Å²) < 4.78 is 5.35. The zero-order chi connectivity index (χ0) is 11.7. The molecule has 1 heterocycles. The first-order valence-corrected chi connectivity index (χ1v) is 5.73. The standard InChI is InChI=1S/C13H19NO2/c1-8-9(2)13(15)11(6-12(8)16-3)10-4-5-14-7-10/h6,10,14-15H,4-5,7H2,1-3H3. The fraction of sp³-hybridized carbons (Fsp3) is 0.538. The largest absolute Gasteiger partial charge is 0.507 e. The zero-order valence-electron chi connectivity index (χ0n) is 10.1. The maximum Gasteiger partial charge on any atom is 0.122 e. The smallest absolute Gasteiger partial charge is 0.122 e. The average molecular weight is 221 g/mol. The highest BCUT2D eigenvalue weighted by Crippen LogP contribution is 2.38. The Morgan fingerprint density at radius 3 is 2.69 bits per heavy atom. The molecule has 16 heavy (non-hydrogen) atoms. The molecule has 0 spiro atoms. The molecule has 0 saturated carbocycles. The highest BCUT2D eigenvalue weighted by molar-refractivity contribution is 5.53. The van der Waals surface area contributed by atoms with Crippen LogP contribution >= 0.6 is 0 Å². The summed E-state index contributed by atoms with van der Waals surface area (Å²) in [4.78, 5) is 0. The van der Waals surface area contributed by atoms with Crippen LogP contribution in [-0.4, -0.2) is 25.3 Å². The fourth-order valence-corrected chi connectivity index (χ4v) is 2.34. The molecule has 1 unspecified atom stereocenters. The minimum absolute atomic E-state index is 0.410.